The number of aliphatic carboxylic acids is 3. The van der Waals surface area contributed by atoms with E-state index in [1.54, 1.807) is 58.9 Å². The Labute approximate surface area is 438 Å². The number of amides is 2. The summed E-state index contributed by atoms with van der Waals surface area (Å²) in [6.45, 7) is 7.65. The maximum absolute atomic E-state index is 13.5. The van der Waals surface area contributed by atoms with Crippen LogP contribution in [0.2, 0.25) is 10.3 Å². The van der Waals surface area contributed by atoms with E-state index in [9.17, 15) is 39.0 Å². The number of aromatic nitrogens is 8. The van der Waals surface area contributed by atoms with Crippen molar-refractivity contribution in [3.8, 4) is 44.1 Å². The molecule has 0 saturated heterocycles. The Hall–Kier alpha value is -7.68. The van der Waals surface area contributed by atoms with Crippen molar-refractivity contribution in [1.82, 2.24) is 39.5 Å². The predicted octanol–water partition coefficient (Wildman–Crippen LogP) is 6.20. The first kappa shape index (κ1) is 57.2. The topological polar surface area (TPSA) is 321 Å². The Kier molecular flexibility index (Phi) is 19.2. The first-order valence-corrected chi connectivity index (χ1v) is 23.9. The third kappa shape index (κ3) is 14.1. The van der Waals surface area contributed by atoms with Gasteiger partial charge in [0.2, 0.25) is 9.60 Å². The van der Waals surface area contributed by atoms with E-state index in [0.717, 1.165) is 27.4 Å². The second-order valence-corrected chi connectivity index (χ2v) is 19.2. The third-order valence-corrected chi connectivity index (χ3v) is 13.0. The fourth-order valence-electron chi connectivity index (χ4n) is 6.83. The number of carboxylic acid groups (broad SMARTS) is 3. The summed E-state index contributed by atoms with van der Waals surface area (Å²) >= 11 is 14.0. The summed E-state index contributed by atoms with van der Waals surface area (Å²) in [6, 6.07) is 6.50. The summed E-state index contributed by atoms with van der Waals surface area (Å²) in [6.07, 6.45) is 4.27. The van der Waals surface area contributed by atoms with Gasteiger partial charge in [-0.1, -0.05) is 44.0 Å². The van der Waals surface area contributed by atoms with E-state index < -0.39 is 59.7 Å². The summed E-state index contributed by atoms with van der Waals surface area (Å²) in [5.41, 5.74) is 0.705. The fourth-order valence-corrected chi connectivity index (χ4v) is 8.57. The predicted molar refractivity (Wildman–Crippen MR) is 265 cm³/mol. The minimum Gasteiger partial charge on any atom is -0.494 e. The monoisotopic (exact) mass is 1100 g/mol. The molecule has 0 aromatic carbocycles. The van der Waals surface area contributed by atoms with Crippen molar-refractivity contribution in [2.24, 2.45) is 20.8 Å². The van der Waals surface area contributed by atoms with Crippen molar-refractivity contribution in [3.63, 3.8) is 0 Å². The average molecular weight is 1100 g/mol. The van der Waals surface area contributed by atoms with Crippen molar-refractivity contribution < 1.29 is 67.8 Å². The van der Waals surface area contributed by atoms with Crippen LogP contribution in [0.15, 0.2) is 59.0 Å². The Balaban J connectivity index is 0.000000276. The van der Waals surface area contributed by atoms with Crippen LogP contribution in [-0.4, -0.2) is 119 Å². The number of hydrogen-bond acceptors (Lipinski definition) is 19. The summed E-state index contributed by atoms with van der Waals surface area (Å²) in [7, 11) is 5.68. The number of aryl methyl sites for hydroxylation is 2. The van der Waals surface area contributed by atoms with Gasteiger partial charge in [0.25, 0.3) is 22.2 Å². The highest BCUT2D eigenvalue weighted by molar-refractivity contribution is 7.11. The molecule has 28 heteroatoms. The molecule has 0 aliphatic carbocycles. The maximum atomic E-state index is 13.5. The average Bonchev–Trinajstić information content (AvgIpc) is 3.93. The molecule has 74 heavy (non-hydrogen) atoms. The van der Waals surface area contributed by atoms with Crippen LogP contribution in [0.1, 0.15) is 72.1 Å². The van der Waals surface area contributed by atoms with E-state index in [0.29, 0.717) is 45.1 Å². The molecule has 0 aliphatic heterocycles. The molecular weight excluding hydrogens is 1050 g/mol. The van der Waals surface area contributed by atoms with E-state index in [4.69, 9.17) is 52.0 Å². The zero-order valence-corrected chi connectivity index (χ0v) is 44.2. The molecule has 0 spiro atoms. The fraction of sp³-hybridized carbons (Fsp3) is 0.348. The zero-order valence-electron chi connectivity index (χ0n) is 41.0. The van der Waals surface area contributed by atoms with E-state index in [1.165, 1.54) is 57.9 Å². The lowest BCUT2D eigenvalue weighted by Crippen LogP contribution is -2.49. The third-order valence-electron chi connectivity index (χ3n) is 10.8. The molecule has 6 heterocycles. The minimum atomic E-state index is -1.78. The van der Waals surface area contributed by atoms with Gasteiger partial charge in [0.15, 0.2) is 6.73 Å². The standard InChI is InChI=1S/C25H28ClN5O7S.C21H20ClN5O7S/c1-13-7-14(15-8-18(26)28-11-17(15)37-5)16(10-27-13)20(34)29-22-31(30-23(38-6)39-22)12-25(21(35)36,9-19(32)33)24(2,3)4;1-11-6-12(13-7-16(22)24-9-15(13)32-2)14(8-23-11)19(31)25-20-27(26-21(33-3)35-20)10-34-18(30)5-4-17(28)29/h7-8,10-11H,9,12H2,1-6H3,(H,32,33)(H,35,36);6-9H,4-5,10H2,1-3H3,(H,28,29)/b29-22-;25-20-. The highest BCUT2D eigenvalue weighted by Gasteiger charge is 2.51. The van der Waals surface area contributed by atoms with E-state index in [2.05, 4.69) is 40.1 Å². The summed E-state index contributed by atoms with van der Waals surface area (Å²) in [4.78, 5) is 98.3. The number of rotatable bonds is 18. The Bertz CT molecular complexity index is 3260. The van der Waals surface area contributed by atoms with Crippen molar-refractivity contribution in [1.29, 1.82) is 0 Å². The Morgan fingerprint density at radius 1 is 0.622 bits per heavy atom. The highest BCUT2D eigenvalue weighted by Crippen LogP contribution is 2.44. The summed E-state index contributed by atoms with van der Waals surface area (Å²) in [5.74, 6) is -5.06. The number of ether oxygens (including phenoxy) is 5. The van der Waals surface area contributed by atoms with Crippen LogP contribution < -0.4 is 28.6 Å². The van der Waals surface area contributed by atoms with Crippen LogP contribution in [0.25, 0.3) is 22.3 Å². The number of carbonyl (C=O) groups is 6. The number of halogens is 2. The van der Waals surface area contributed by atoms with Gasteiger partial charge in [-0.25, -0.2) is 14.6 Å². The molecule has 0 radical (unpaired) electrons. The van der Waals surface area contributed by atoms with Gasteiger partial charge in [-0.2, -0.15) is 14.7 Å². The molecule has 1 unspecified atom stereocenters. The largest absolute Gasteiger partial charge is 0.494 e. The molecule has 3 N–H and O–H groups in total. The van der Waals surface area contributed by atoms with Crippen LogP contribution in [0.3, 0.4) is 0 Å². The van der Waals surface area contributed by atoms with Gasteiger partial charge < -0.3 is 39.0 Å². The van der Waals surface area contributed by atoms with Crippen LogP contribution in [-0.2, 0) is 37.2 Å². The van der Waals surface area contributed by atoms with Gasteiger partial charge in [0.1, 0.15) is 27.2 Å². The quantitative estimate of drug-likeness (QED) is 0.0637. The number of pyridine rings is 4. The first-order chi connectivity index (χ1) is 34.9. The minimum absolute atomic E-state index is 0.0170. The van der Waals surface area contributed by atoms with Crippen LogP contribution in [0.5, 0.6) is 21.9 Å². The molecule has 6 rings (SSSR count). The summed E-state index contributed by atoms with van der Waals surface area (Å²) in [5, 5.41) is 37.4. The van der Waals surface area contributed by atoms with Gasteiger partial charge >= 0.3 is 23.9 Å². The SMILES string of the molecule is COc1nn(CC(CC(=O)O)(C(=O)O)C(C)(C)C)/c(=N/C(=O)c2cnc(C)cc2-c2cc(Cl)ncc2OC)s1.COc1nn(COC(=O)CCC(=O)O)/c(=N/C(=O)c2cnc(C)cc2-c2cc(Cl)ncc2OC)s1. The zero-order chi connectivity index (χ0) is 54.7. The van der Waals surface area contributed by atoms with Gasteiger partial charge in [0.05, 0.1) is 77.8 Å². The lowest BCUT2D eigenvalue weighted by Gasteiger charge is -2.39. The Morgan fingerprint density at radius 2 is 1.08 bits per heavy atom. The molecule has 0 bridgehead atoms. The van der Waals surface area contributed by atoms with Crippen molar-refractivity contribution >= 4 is 81.6 Å². The highest BCUT2D eigenvalue weighted by atomic mass is 35.5. The molecule has 24 nitrogen and oxygen atoms in total. The van der Waals surface area contributed by atoms with Gasteiger partial charge in [0, 0.05) is 46.0 Å². The van der Waals surface area contributed by atoms with Gasteiger partial charge in [-0.3, -0.25) is 38.7 Å². The molecule has 392 valence electrons. The van der Waals surface area contributed by atoms with Gasteiger partial charge in [-0.05, 0) is 66.2 Å². The van der Waals surface area contributed by atoms with Crippen molar-refractivity contribution in [3.05, 3.63) is 91.5 Å². The molecule has 1 atom stereocenters. The molecule has 6 aromatic rings. The number of methoxy groups -OCH3 is 4. The van der Waals surface area contributed by atoms with E-state index in [1.807, 2.05) is 0 Å². The number of carboxylic acids is 3. The molecule has 0 saturated carbocycles. The number of hydrogen-bond donors (Lipinski definition) is 3. The number of carbonyl (C=O) groups excluding carboxylic acids is 3. The molecular formula is C46H48Cl2N10O14S2. The van der Waals surface area contributed by atoms with Crippen molar-refractivity contribution in [2.75, 3.05) is 28.4 Å². The van der Waals surface area contributed by atoms with Crippen LogP contribution in [0.4, 0.5) is 0 Å². The van der Waals surface area contributed by atoms with Crippen LogP contribution in [0, 0.1) is 24.7 Å². The van der Waals surface area contributed by atoms with Gasteiger partial charge in [-0.15, -0.1) is 10.2 Å². The molecule has 6 aromatic heterocycles. The second-order valence-electron chi connectivity index (χ2n) is 16.6. The van der Waals surface area contributed by atoms with E-state index >= 15 is 0 Å². The molecule has 0 fully saturated rings. The second kappa shape index (κ2) is 24.8. The van der Waals surface area contributed by atoms with Crippen molar-refractivity contribution in [2.45, 2.75) is 67.2 Å². The normalized spacial score (nSPS) is 12.5. The number of esters is 1. The lowest BCUT2D eigenvalue weighted by molar-refractivity contribution is -0.165. The number of nitrogens with zero attached hydrogens (tertiary/aromatic N) is 10. The smallest absolute Gasteiger partial charge is 0.312 e. The molecule has 2 amide bonds. The van der Waals surface area contributed by atoms with Crippen LogP contribution >= 0.6 is 45.9 Å². The molecule has 0 aliphatic rings. The maximum Gasteiger partial charge on any atom is 0.312 e. The summed E-state index contributed by atoms with van der Waals surface area (Å²) < 4.78 is 28.5. The Morgan fingerprint density at radius 3 is 1.49 bits per heavy atom. The first-order valence-electron chi connectivity index (χ1n) is 21.5. The lowest BCUT2D eigenvalue weighted by atomic mass is 9.64. The van der Waals surface area contributed by atoms with E-state index in [-0.39, 0.29) is 60.8 Å².